The summed E-state index contributed by atoms with van der Waals surface area (Å²) < 4.78 is 26.2. The van der Waals surface area contributed by atoms with E-state index in [4.69, 9.17) is 0 Å². The number of benzene rings is 1. The zero-order valence-corrected chi connectivity index (χ0v) is 18.4. The van der Waals surface area contributed by atoms with Crippen molar-refractivity contribution in [2.45, 2.75) is 96.8 Å². The molecule has 2 saturated carbocycles. The van der Waals surface area contributed by atoms with Crippen molar-refractivity contribution in [1.29, 1.82) is 0 Å². The van der Waals surface area contributed by atoms with Crippen LogP contribution in [-0.4, -0.2) is 0 Å². The number of unbranched alkanes of at least 4 members (excludes halogenated alkanes) is 2. The van der Waals surface area contributed by atoms with E-state index < -0.39 is 11.6 Å². The number of halogens is 2. The van der Waals surface area contributed by atoms with Crippen LogP contribution in [0.5, 0.6) is 0 Å². The molecule has 162 valence electrons. The molecular formula is C27H40F2. The Morgan fingerprint density at radius 3 is 2.07 bits per heavy atom. The maximum atomic E-state index is 13.3. The molecule has 2 heteroatoms. The van der Waals surface area contributed by atoms with Crippen LogP contribution in [0.2, 0.25) is 0 Å². The quantitative estimate of drug-likeness (QED) is 0.286. The first-order chi connectivity index (χ1) is 14.2. The van der Waals surface area contributed by atoms with Gasteiger partial charge in [-0.05, 0) is 92.7 Å². The highest BCUT2D eigenvalue weighted by molar-refractivity contribution is 5.20. The SMILES string of the molecule is CCCCCC1CCC(C2CCC(CC=CCc3ccc(F)c(F)c3)CC2)CC1. The molecule has 2 aliphatic rings. The molecule has 2 fully saturated rings. The summed E-state index contributed by atoms with van der Waals surface area (Å²) in [5.74, 6) is 2.31. The van der Waals surface area contributed by atoms with E-state index in [1.54, 1.807) is 6.07 Å². The van der Waals surface area contributed by atoms with Gasteiger partial charge < -0.3 is 0 Å². The van der Waals surface area contributed by atoms with Gasteiger partial charge in [0.2, 0.25) is 0 Å². The van der Waals surface area contributed by atoms with Crippen molar-refractivity contribution in [2.24, 2.45) is 23.7 Å². The summed E-state index contributed by atoms with van der Waals surface area (Å²) in [6.07, 6.45) is 23.4. The number of hydrogen-bond donors (Lipinski definition) is 0. The molecule has 0 aromatic heterocycles. The Morgan fingerprint density at radius 1 is 0.793 bits per heavy atom. The first-order valence-corrected chi connectivity index (χ1v) is 12.2. The predicted molar refractivity (Wildman–Crippen MR) is 119 cm³/mol. The van der Waals surface area contributed by atoms with E-state index >= 15 is 0 Å². The lowest BCUT2D eigenvalue weighted by Crippen LogP contribution is -2.25. The lowest BCUT2D eigenvalue weighted by Gasteiger charge is -2.37. The fourth-order valence-corrected chi connectivity index (χ4v) is 5.70. The van der Waals surface area contributed by atoms with Gasteiger partial charge in [0, 0.05) is 0 Å². The van der Waals surface area contributed by atoms with Crippen LogP contribution in [0.25, 0.3) is 0 Å². The van der Waals surface area contributed by atoms with E-state index in [-0.39, 0.29) is 0 Å². The molecule has 0 heterocycles. The van der Waals surface area contributed by atoms with Crippen molar-refractivity contribution in [2.75, 3.05) is 0 Å². The van der Waals surface area contributed by atoms with Crippen molar-refractivity contribution in [1.82, 2.24) is 0 Å². The van der Waals surface area contributed by atoms with Crippen LogP contribution < -0.4 is 0 Å². The Morgan fingerprint density at radius 2 is 1.45 bits per heavy atom. The lowest BCUT2D eigenvalue weighted by atomic mass is 9.68. The average molecular weight is 403 g/mol. The molecule has 0 radical (unpaired) electrons. The zero-order valence-electron chi connectivity index (χ0n) is 18.4. The molecule has 0 N–H and O–H groups in total. The molecular weight excluding hydrogens is 362 g/mol. The van der Waals surface area contributed by atoms with Gasteiger partial charge in [-0.3, -0.25) is 0 Å². The zero-order chi connectivity index (χ0) is 20.5. The largest absolute Gasteiger partial charge is 0.204 e. The molecule has 1 aromatic carbocycles. The van der Waals surface area contributed by atoms with Gasteiger partial charge in [0.25, 0.3) is 0 Å². The lowest BCUT2D eigenvalue weighted by molar-refractivity contribution is 0.143. The van der Waals surface area contributed by atoms with Crippen LogP contribution in [0.1, 0.15) is 96.0 Å². The number of rotatable bonds is 9. The van der Waals surface area contributed by atoms with Gasteiger partial charge in [-0.25, -0.2) is 8.78 Å². The molecule has 0 unspecified atom stereocenters. The topological polar surface area (TPSA) is 0 Å². The van der Waals surface area contributed by atoms with E-state index in [1.165, 1.54) is 89.2 Å². The fraction of sp³-hybridized carbons (Fsp3) is 0.704. The standard InChI is InChI=1S/C27H40F2/c1-2-3-4-7-21-10-15-24(16-11-21)25-17-12-22(13-18-25)8-5-6-9-23-14-19-26(28)27(29)20-23/h5-6,14,19-22,24-25H,2-4,7-13,15-18H2,1H3. The van der Waals surface area contributed by atoms with E-state index in [0.29, 0.717) is 6.42 Å². The van der Waals surface area contributed by atoms with Crippen LogP contribution in [-0.2, 0) is 6.42 Å². The third-order valence-electron chi connectivity index (χ3n) is 7.64. The minimum Gasteiger partial charge on any atom is -0.204 e. The molecule has 0 bridgehead atoms. The van der Waals surface area contributed by atoms with Gasteiger partial charge in [-0.1, -0.05) is 63.7 Å². The summed E-state index contributed by atoms with van der Waals surface area (Å²) in [5.41, 5.74) is 0.842. The van der Waals surface area contributed by atoms with Crippen LogP contribution in [0.3, 0.4) is 0 Å². The molecule has 0 saturated heterocycles. The summed E-state index contributed by atoms with van der Waals surface area (Å²) in [6.45, 7) is 2.30. The van der Waals surface area contributed by atoms with E-state index in [9.17, 15) is 8.78 Å². The van der Waals surface area contributed by atoms with Crippen LogP contribution >= 0.6 is 0 Å². The maximum absolute atomic E-state index is 13.3. The summed E-state index contributed by atoms with van der Waals surface area (Å²) in [4.78, 5) is 0. The van der Waals surface area contributed by atoms with Crippen LogP contribution in [0.15, 0.2) is 30.4 Å². The first kappa shape index (κ1) is 22.5. The highest BCUT2D eigenvalue weighted by atomic mass is 19.2. The van der Waals surface area contributed by atoms with E-state index in [1.807, 2.05) is 0 Å². The minimum atomic E-state index is -0.764. The number of allylic oxidation sites excluding steroid dienone is 2. The third-order valence-corrected chi connectivity index (χ3v) is 7.64. The molecule has 3 rings (SSSR count). The molecule has 0 amide bonds. The molecule has 0 spiro atoms. The van der Waals surface area contributed by atoms with Gasteiger partial charge in [0.15, 0.2) is 11.6 Å². The van der Waals surface area contributed by atoms with E-state index in [2.05, 4.69) is 19.1 Å². The van der Waals surface area contributed by atoms with Gasteiger partial charge in [-0.2, -0.15) is 0 Å². The molecule has 0 nitrogen and oxygen atoms in total. The van der Waals surface area contributed by atoms with Crippen molar-refractivity contribution in [3.8, 4) is 0 Å². The highest BCUT2D eigenvalue weighted by Crippen LogP contribution is 2.42. The third kappa shape index (κ3) is 7.23. The second-order valence-electron chi connectivity index (χ2n) is 9.72. The normalized spacial score (nSPS) is 28.1. The minimum absolute atomic E-state index is 0.689. The average Bonchev–Trinajstić information content (AvgIpc) is 2.75. The van der Waals surface area contributed by atoms with Gasteiger partial charge in [0.1, 0.15) is 0 Å². The fourth-order valence-electron chi connectivity index (χ4n) is 5.70. The monoisotopic (exact) mass is 402 g/mol. The van der Waals surface area contributed by atoms with E-state index in [0.717, 1.165) is 35.7 Å². The number of hydrogen-bond acceptors (Lipinski definition) is 0. The van der Waals surface area contributed by atoms with Crippen molar-refractivity contribution in [3.05, 3.63) is 47.5 Å². The van der Waals surface area contributed by atoms with Gasteiger partial charge >= 0.3 is 0 Å². The smallest absolute Gasteiger partial charge is 0.159 e. The Hall–Kier alpha value is -1.18. The second-order valence-corrected chi connectivity index (χ2v) is 9.72. The predicted octanol–water partition coefficient (Wildman–Crippen LogP) is 8.65. The van der Waals surface area contributed by atoms with Gasteiger partial charge in [-0.15, -0.1) is 0 Å². The second kappa shape index (κ2) is 11.9. The van der Waals surface area contributed by atoms with Crippen molar-refractivity contribution < 1.29 is 8.78 Å². The summed E-state index contributed by atoms with van der Waals surface area (Å²) in [6, 6.07) is 4.20. The molecule has 29 heavy (non-hydrogen) atoms. The Bertz CT molecular complexity index is 619. The van der Waals surface area contributed by atoms with Crippen molar-refractivity contribution >= 4 is 0 Å². The Kier molecular flexibility index (Phi) is 9.21. The van der Waals surface area contributed by atoms with Gasteiger partial charge in [0.05, 0.1) is 0 Å². The first-order valence-electron chi connectivity index (χ1n) is 12.2. The molecule has 0 atom stereocenters. The molecule has 1 aromatic rings. The summed E-state index contributed by atoms with van der Waals surface area (Å²) in [5, 5.41) is 0. The van der Waals surface area contributed by atoms with Crippen molar-refractivity contribution in [3.63, 3.8) is 0 Å². The molecule has 2 aliphatic carbocycles. The maximum Gasteiger partial charge on any atom is 0.159 e. The molecule has 0 aliphatic heterocycles. The van der Waals surface area contributed by atoms with Crippen LogP contribution in [0.4, 0.5) is 8.78 Å². The Balaban J connectivity index is 1.31. The Labute approximate surface area is 177 Å². The summed E-state index contributed by atoms with van der Waals surface area (Å²) in [7, 11) is 0. The van der Waals surface area contributed by atoms with Crippen LogP contribution in [0, 0.1) is 35.3 Å². The summed E-state index contributed by atoms with van der Waals surface area (Å²) >= 11 is 0. The highest BCUT2D eigenvalue weighted by Gasteiger charge is 2.30.